The van der Waals surface area contributed by atoms with Crippen molar-refractivity contribution in [2.45, 2.75) is 13.0 Å². The number of hydrogen-bond donors (Lipinski definition) is 1. The Kier molecular flexibility index (Phi) is 3.30. The van der Waals surface area contributed by atoms with E-state index in [0.29, 0.717) is 5.75 Å². The van der Waals surface area contributed by atoms with Crippen molar-refractivity contribution in [2.75, 3.05) is 14.2 Å². The Morgan fingerprint density at radius 1 is 1.21 bits per heavy atom. The fourth-order valence-corrected chi connectivity index (χ4v) is 1.24. The van der Waals surface area contributed by atoms with Gasteiger partial charge in [-0.1, -0.05) is 0 Å². The monoisotopic (exact) mass is 199 g/mol. The Morgan fingerprint density at radius 2 is 1.79 bits per heavy atom. The smallest absolute Gasteiger partial charge is 0.168 e. The number of hydrogen-bond acceptors (Lipinski definition) is 3. The van der Waals surface area contributed by atoms with Crippen LogP contribution in [0.4, 0.5) is 4.39 Å². The zero-order valence-electron chi connectivity index (χ0n) is 8.50. The zero-order chi connectivity index (χ0) is 10.7. The van der Waals surface area contributed by atoms with E-state index in [-0.39, 0.29) is 11.8 Å². The summed E-state index contributed by atoms with van der Waals surface area (Å²) in [5.74, 6) is 0.171. The van der Waals surface area contributed by atoms with Crippen LogP contribution in [0.3, 0.4) is 0 Å². The molecule has 1 rings (SSSR count). The molecule has 0 saturated carbocycles. The van der Waals surface area contributed by atoms with Crippen molar-refractivity contribution in [3.63, 3.8) is 0 Å². The number of halogens is 1. The average Bonchev–Trinajstić information content (AvgIpc) is 2.16. The van der Waals surface area contributed by atoms with E-state index in [0.717, 1.165) is 5.56 Å². The van der Waals surface area contributed by atoms with Gasteiger partial charge in [0, 0.05) is 17.7 Å². The lowest BCUT2D eigenvalue weighted by Gasteiger charge is -2.13. The second kappa shape index (κ2) is 4.28. The van der Waals surface area contributed by atoms with Crippen LogP contribution in [0, 0.1) is 5.82 Å². The van der Waals surface area contributed by atoms with Gasteiger partial charge in [-0.3, -0.25) is 0 Å². The van der Waals surface area contributed by atoms with Gasteiger partial charge in [-0.25, -0.2) is 4.39 Å². The van der Waals surface area contributed by atoms with E-state index in [4.69, 9.17) is 15.2 Å². The first-order chi connectivity index (χ1) is 6.60. The van der Waals surface area contributed by atoms with Gasteiger partial charge in [-0.05, 0) is 13.0 Å². The molecule has 4 heteroatoms. The lowest BCUT2D eigenvalue weighted by atomic mass is 10.1. The maximum absolute atomic E-state index is 13.2. The molecule has 1 atom stereocenters. The van der Waals surface area contributed by atoms with Gasteiger partial charge in [-0.2, -0.15) is 0 Å². The topological polar surface area (TPSA) is 44.5 Å². The zero-order valence-corrected chi connectivity index (χ0v) is 8.50. The van der Waals surface area contributed by atoms with Crippen LogP contribution >= 0.6 is 0 Å². The summed E-state index contributed by atoms with van der Waals surface area (Å²) in [5.41, 5.74) is 6.43. The van der Waals surface area contributed by atoms with Crippen molar-refractivity contribution in [2.24, 2.45) is 5.73 Å². The van der Waals surface area contributed by atoms with E-state index in [1.807, 2.05) is 0 Å². The molecule has 3 nitrogen and oxygen atoms in total. The van der Waals surface area contributed by atoms with Crippen LogP contribution in [0.2, 0.25) is 0 Å². The number of nitrogens with two attached hydrogens (primary N) is 1. The summed E-state index contributed by atoms with van der Waals surface area (Å²) in [7, 11) is 2.89. The van der Waals surface area contributed by atoms with Crippen molar-refractivity contribution in [3.8, 4) is 11.5 Å². The molecule has 1 aromatic rings. The molecular weight excluding hydrogens is 185 g/mol. The Hall–Kier alpha value is -1.29. The third-order valence-electron chi connectivity index (χ3n) is 1.99. The number of methoxy groups -OCH3 is 2. The second-order valence-corrected chi connectivity index (χ2v) is 3.02. The van der Waals surface area contributed by atoms with Crippen molar-refractivity contribution >= 4 is 0 Å². The molecular formula is C10H14FNO2. The summed E-state index contributed by atoms with van der Waals surface area (Å²) in [6.07, 6.45) is 0. The summed E-state index contributed by atoms with van der Waals surface area (Å²) in [6.45, 7) is 1.80. The standard InChI is InChI=1S/C10H14FNO2/c1-6(12)7-4-10(14-3)8(11)5-9(7)13-2/h4-6H,12H2,1-3H3. The van der Waals surface area contributed by atoms with Crippen molar-refractivity contribution in [1.82, 2.24) is 0 Å². The van der Waals surface area contributed by atoms with Crippen LogP contribution in [0.25, 0.3) is 0 Å². The van der Waals surface area contributed by atoms with Gasteiger partial charge in [0.25, 0.3) is 0 Å². The highest BCUT2D eigenvalue weighted by atomic mass is 19.1. The molecule has 0 spiro atoms. The Morgan fingerprint density at radius 3 is 2.21 bits per heavy atom. The van der Waals surface area contributed by atoms with Crippen LogP contribution in [0.15, 0.2) is 12.1 Å². The quantitative estimate of drug-likeness (QED) is 0.808. The molecule has 14 heavy (non-hydrogen) atoms. The van der Waals surface area contributed by atoms with Crippen LogP contribution in [0.5, 0.6) is 11.5 Å². The van der Waals surface area contributed by atoms with Crippen LogP contribution in [-0.2, 0) is 0 Å². The molecule has 0 aliphatic heterocycles. The number of benzene rings is 1. The van der Waals surface area contributed by atoms with Gasteiger partial charge in [-0.15, -0.1) is 0 Å². The molecule has 78 valence electrons. The minimum Gasteiger partial charge on any atom is -0.496 e. The van der Waals surface area contributed by atoms with E-state index in [1.54, 1.807) is 13.0 Å². The minimum atomic E-state index is -0.450. The molecule has 0 radical (unpaired) electrons. The van der Waals surface area contributed by atoms with Crippen LogP contribution in [0.1, 0.15) is 18.5 Å². The molecule has 0 aromatic heterocycles. The van der Waals surface area contributed by atoms with Gasteiger partial charge in [0.15, 0.2) is 11.6 Å². The molecule has 0 saturated heterocycles. The molecule has 0 bridgehead atoms. The molecule has 0 fully saturated rings. The molecule has 0 aliphatic carbocycles. The normalized spacial score (nSPS) is 12.4. The Bertz CT molecular complexity index is 326. The number of ether oxygens (including phenoxy) is 2. The van der Waals surface area contributed by atoms with Crippen molar-refractivity contribution in [3.05, 3.63) is 23.5 Å². The van der Waals surface area contributed by atoms with E-state index >= 15 is 0 Å². The largest absolute Gasteiger partial charge is 0.496 e. The fourth-order valence-electron chi connectivity index (χ4n) is 1.24. The Labute approximate surface area is 82.6 Å². The van der Waals surface area contributed by atoms with Gasteiger partial charge in [0.05, 0.1) is 14.2 Å². The third kappa shape index (κ3) is 1.96. The summed E-state index contributed by atoms with van der Waals surface area (Å²) in [6, 6.07) is 2.61. The van der Waals surface area contributed by atoms with E-state index < -0.39 is 5.82 Å². The Balaban J connectivity index is 3.25. The third-order valence-corrected chi connectivity index (χ3v) is 1.99. The van der Waals surface area contributed by atoms with Crippen LogP contribution in [-0.4, -0.2) is 14.2 Å². The van der Waals surface area contributed by atoms with Crippen molar-refractivity contribution in [1.29, 1.82) is 0 Å². The van der Waals surface area contributed by atoms with Crippen LogP contribution < -0.4 is 15.2 Å². The lowest BCUT2D eigenvalue weighted by Crippen LogP contribution is -2.08. The van der Waals surface area contributed by atoms with E-state index in [1.165, 1.54) is 20.3 Å². The molecule has 0 amide bonds. The highest BCUT2D eigenvalue weighted by Crippen LogP contribution is 2.30. The molecule has 0 aliphatic rings. The fraction of sp³-hybridized carbons (Fsp3) is 0.400. The van der Waals surface area contributed by atoms with Gasteiger partial charge < -0.3 is 15.2 Å². The summed E-state index contributed by atoms with van der Waals surface area (Å²) in [4.78, 5) is 0. The maximum Gasteiger partial charge on any atom is 0.168 e. The molecule has 1 unspecified atom stereocenters. The first kappa shape index (κ1) is 10.8. The van der Waals surface area contributed by atoms with Gasteiger partial charge in [0.2, 0.25) is 0 Å². The second-order valence-electron chi connectivity index (χ2n) is 3.02. The van der Waals surface area contributed by atoms with E-state index in [2.05, 4.69) is 0 Å². The van der Waals surface area contributed by atoms with E-state index in [9.17, 15) is 4.39 Å². The first-order valence-electron chi connectivity index (χ1n) is 4.27. The summed E-state index contributed by atoms with van der Waals surface area (Å²) in [5, 5.41) is 0. The predicted octanol–water partition coefficient (Wildman–Crippen LogP) is 1.86. The average molecular weight is 199 g/mol. The first-order valence-corrected chi connectivity index (χ1v) is 4.27. The molecule has 2 N–H and O–H groups in total. The highest BCUT2D eigenvalue weighted by Gasteiger charge is 2.13. The lowest BCUT2D eigenvalue weighted by molar-refractivity contribution is 0.373. The highest BCUT2D eigenvalue weighted by molar-refractivity contribution is 5.42. The van der Waals surface area contributed by atoms with Gasteiger partial charge >= 0.3 is 0 Å². The van der Waals surface area contributed by atoms with Crippen molar-refractivity contribution < 1.29 is 13.9 Å². The van der Waals surface area contributed by atoms with Gasteiger partial charge in [0.1, 0.15) is 5.75 Å². The minimum absolute atomic E-state index is 0.179. The molecule has 0 heterocycles. The summed E-state index contributed by atoms with van der Waals surface area (Å²) >= 11 is 0. The summed E-state index contributed by atoms with van der Waals surface area (Å²) < 4.78 is 23.1. The number of rotatable bonds is 3. The SMILES string of the molecule is COc1cc(C(C)N)c(OC)cc1F. The molecule has 1 aromatic carbocycles. The maximum atomic E-state index is 13.2. The predicted molar refractivity (Wildman–Crippen MR) is 52.1 cm³/mol.